The van der Waals surface area contributed by atoms with Crippen molar-refractivity contribution in [2.75, 3.05) is 20.2 Å². The number of imide groups is 1. The van der Waals surface area contributed by atoms with Gasteiger partial charge in [-0.2, -0.15) is 9.31 Å². The summed E-state index contributed by atoms with van der Waals surface area (Å²) in [6.07, 6.45) is 0.898. The maximum atomic E-state index is 13.1. The van der Waals surface area contributed by atoms with Crippen molar-refractivity contribution in [3.8, 4) is 5.75 Å². The molecule has 34 heavy (non-hydrogen) atoms. The smallest absolute Gasteiger partial charge is 0.344 e. The Bertz CT molecular complexity index is 1200. The summed E-state index contributed by atoms with van der Waals surface area (Å²) in [4.78, 5) is 38.6. The van der Waals surface area contributed by atoms with E-state index in [4.69, 9.17) is 4.74 Å². The quantitative estimate of drug-likeness (QED) is 0.598. The first-order valence-corrected chi connectivity index (χ1v) is 12.3. The molecular weight excluding hydrogens is 460 g/mol. The lowest BCUT2D eigenvalue weighted by Crippen LogP contribution is -2.52. The third kappa shape index (κ3) is 4.24. The second-order valence-electron chi connectivity index (χ2n) is 8.42. The molecule has 2 atom stereocenters. The predicted molar refractivity (Wildman–Crippen MR) is 122 cm³/mol. The van der Waals surface area contributed by atoms with Crippen LogP contribution in [0.15, 0.2) is 59.5 Å². The Hall–Kier alpha value is -3.44. The molecule has 0 saturated carbocycles. The van der Waals surface area contributed by atoms with Crippen molar-refractivity contribution < 1.29 is 27.5 Å². The summed E-state index contributed by atoms with van der Waals surface area (Å²) in [5, 5.41) is 3.30. The van der Waals surface area contributed by atoms with Gasteiger partial charge in [0.25, 0.3) is 5.91 Å². The van der Waals surface area contributed by atoms with E-state index in [2.05, 4.69) is 10.7 Å². The van der Waals surface area contributed by atoms with E-state index in [0.29, 0.717) is 29.2 Å². The van der Waals surface area contributed by atoms with Gasteiger partial charge in [0.2, 0.25) is 15.9 Å². The third-order valence-corrected chi connectivity index (χ3v) is 8.10. The Morgan fingerprint density at radius 2 is 1.79 bits per heavy atom. The number of benzene rings is 2. The highest BCUT2D eigenvalue weighted by atomic mass is 32.2. The fourth-order valence-corrected chi connectivity index (χ4v) is 5.70. The van der Waals surface area contributed by atoms with Crippen LogP contribution in [0.4, 0.5) is 4.79 Å². The van der Waals surface area contributed by atoms with Crippen LogP contribution in [0.5, 0.6) is 5.75 Å². The standard InChI is InChI=1S/C23H26N4O6S/c1-23(17-8-4-3-5-9-17)21(29)27(22(30)24-23)25-20(28)16-7-6-14-26(15-16)34(31,32)19-12-10-18(33-2)11-13-19/h3-5,8-13,16H,6-7,14-15H2,1-2H3,(H,24,30)(H,25,28)/t16-,23+/m1/s1. The van der Waals surface area contributed by atoms with E-state index in [1.165, 1.54) is 23.5 Å². The molecule has 2 aliphatic rings. The summed E-state index contributed by atoms with van der Waals surface area (Å²) in [5.74, 6) is -1.39. The summed E-state index contributed by atoms with van der Waals surface area (Å²) in [5.41, 5.74) is 1.66. The van der Waals surface area contributed by atoms with Gasteiger partial charge in [0, 0.05) is 13.1 Å². The van der Waals surface area contributed by atoms with Gasteiger partial charge < -0.3 is 10.1 Å². The molecule has 0 radical (unpaired) electrons. The van der Waals surface area contributed by atoms with Gasteiger partial charge in [-0.1, -0.05) is 30.3 Å². The van der Waals surface area contributed by atoms with Gasteiger partial charge in [0.05, 0.1) is 17.9 Å². The van der Waals surface area contributed by atoms with Crippen LogP contribution in [-0.4, -0.2) is 55.8 Å². The minimum absolute atomic E-state index is 0.0558. The zero-order chi connectivity index (χ0) is 24.5. The SMILES string of the molecule is COc1ccc(S(=O)(=O)N2CCC[C@@H](C(=O)NN3C(=O)N[C@@](C)(c4ccccc4)C3=O)C2)cc1. The highest BCUT2D eigenvalue weighted by Gasteiger charge is 2.50. The Kier molecular flexibility index (Phi) is 6.32. The van der Waals surface area contributed by atoms with Crippen LogP contribution in [0.2, 0.25) is 0 Å². The topological polar surface area (TPSA) is 125 Å². The maximum Gasteiger partial charge on any atom is 0.344 e. The average molecular weight is 487 g/mol. The molecule has 0 aliphatic carbocycles. The Labute approximate surface area is 197 Å². The number of nitrogens with one attached hydrogen (secondary N) is 2. The second-order valence-corrected chi connectivity index (χ2v) is 10.4. The molecule has 0 bridgehead atoms. The summed E-state index contributed by atoms with van der Waals surface area (Å²) < 4.78 is 32.5. The third-order valence-electron chi connectivity index (χ3n) is 6.22. The van der Waals surface area contributed by atoms with Gasteiger partial charge in [0.15, 0.2) is 0 Å². The molecule has 180 valence electrons. The van der Waals surface area contributed by atoms with E-state index in [9.17, 15) is 22.8 Å². The fourth-order valence-electron chi connectivity index (χ4n) is 4.18. The lowest BCUT2D eigenvalue weighted by Gasteiger charge is -2.32. The molecule has 2 heterocycles. The van der Waals surface area contributed by atoms with Crippen LogP contribution in [0.25, 0.3) is 0 Å². The summed E-state index contributed by atoms with van der Waals surface area (Å²) in [6.45, 7) is 1.78. The predicted octanol–water partition coefficient (Wildman–Crippen LogP) is 1.59. The first-order valence-electron chi connectivity index (χ1n) is 10.8. The van der Waals surface area contributed by atoms with E-state index < -0.39 is 39.3 Å². The number of amides is 4. The Morgan fingerprint density at radius 1 is 1.12 bits per heavy atom. The van der Waals surface area contributed by atoms with Crippen molar-refractivity contribution in [3.05, 3.63) is 60.2 Å². The number of piperidine rings is 1. The summed E-state index contributed by atoms with van der Waals surface area (Å²) in [6, 6.07) is 14.0. The molecule has 2 aromatic rings. The average Bonchev–Trinajstić information content (AvgIpc) is 3.08. The molecule has 10 nitrogen and oxygen atoms in total. The van der Waals surface area contributed by atoms with Crippen molar-refractivity contribution in [2.24, 2.45) is 5.92 Å². The van der Waals surface area contributed by atoms with E-state index in [1.54, 1.807) is 49.4 Å². The normalized spacial score (nSPS) is 23.5. The molecule has 2 N–H and O–H groups in total. The van der Waals surface area contributed by atoms with Crippen LogP contribution < -0.4 is 15.5 Å². The van der Waals surface area contributed by atoms with Crippen LogP contribution in [0.3, 0.4) is 0 Å². The number of hydrogen-bond donors (Lipinski definition) is 2. The molecule has 11 heteroatoms. The number of hydrazine groups is 1. The Morgan fingerprint density at radius 3 is 2.44 bits per heavy atom. The van der Waals surface area contributed by atoms with Crippen LogP contribution in [-0.2, 0) is 25.2 Å². The summed E-state index contributed by atoms with van der Waals surface area (Å²) in [7, 11) is -2.33. The molecular formula is C23H26N4O6S. The number of carbonyl (C=O) groups is 3. The fraction of sp³-hybridized carbons (Fsp3) is 0.348. The second kappa shape index (κ2) is 9.07. The van der Waals surface area contributed by atoms with Crippen molar-refractivity contribution in [1.29, 1.82) is 0 Å². The molecule has 2 aliphatic heterocycles. The number of carbonyl (C=O) groups excluding carboxylic acids is 3. The number of sulfonamides is 1. The van der Waals surface area contributed by atoms with Gasteiger partial charge in [-0.3, -0.25) is 15.0 Å². The molecule has 4 amide bonds. The minimum Gasteiger partial charge on any atom is -0.497 e. The van der Waals surface area contributed by atoms with E-state index in [-0.39, 0.29) is 18.0 Å². The van der Waals surface area contributed by atoms with Crippen molar-refractivity contribution in [2.45, 2.75) is 30.2 Å². The number of nitrogens with zero attached hydrogens (tertiary/aromatic N) is 2. The van der Waals surface area contributed by atoms with Crippen LogP contribution in [0, 0.1) is 5.92 Å². The Balaban J connectivity index is 1.46. The molecule has 2 aromatic carbocycles. The monoisotopic (exact) mass is 486 g/mol. The highest BCUT2D eigenvalue weighted by Crippen LogP contribution is 2.29. The largest absolute Gasteiger partial charge is 0.497 e. The number of ether oxygens (including phenoxy) is 1. The van der Waals surface area contributed by atoms with Crippen molar-refractivity contribution >= 4 is 27.9 Å². The molecule has 2 saturated heterocycles. The molecule has 0 spiro atoms. The minimum atomic E-state index is -3.82. The molecule has 4 rings (SSSR count). The van der Waals surface area contributed by atoms with Crippen molar-refractivity contribution in [1.82, 2.24) is 20.1 Å². The van der Waals surface area contributed by atoms with E-state index >= 15 is 0 Å². The first kappa shape index (κ1) is 23.7. The first-order chi connectivity index (χ1) is 16.2. The number of hydrogen-bond acceptors (Lipinski definition) is 6. The lowest BCUT2D eigenvalue weighted by atomic mass is 9.92. The van der Waals surface area contributed by atoms with Gasteiger partial charge in [0.1, 0.15) is 11.3 Å². The van der Waals surface area contributed by atoms with E-state index in [0.717, 1.165) is 0 Å². The zero-order valence-corrected chi connectivity index (χ0v) is 19.7. The number of urea groups is 1. The van der Waals surface area contributed by atoms with Gasteiger partial charge in [-0.15, -0.1) is 0 Å². The number of rotatable bonds is 6. The van der Waals surface area contributed by atoms with Gasteiger partial charge in [-0.25, -0.2) is 13.2 Å². The maximum absolute atomic E-state index is 13.1. The molecule has 0 aromatic heterocycles. The highest BCUT2D eigenvalue weighted by molar-refractivity contribution is 7.89. The van der Waals surface area contributed by atoms with Gasteiger partial charge in [-0.05, 0) is 49.6 Å². The van der Waals surface area contributed by atoms with Crippen LogP contribution in [0.1, 0.15) is 25.3 Å². The van der Waals surface area contributed by atoms with E-state index in [1.807, 2.05) is 0 Å². The molecule has 0 unspecified atom stereocenters. The number of methoxy groups -OCH3 is 1. The van der Waals surface area contributed by atoms with Crippen LogP contribution >= 0.6 is 0 Å². The lowest BCUT2D eigenvalue weighted by molar-refractivity contribution is -0.141. The van der Waals surface area contributed by atoms with Gasteiger partial charge >= 0.3 is 6.03 Å². The van der Waals surface area contributed by atoms with Crippen molar-refractivity contribution in [3.63, 3.8) is 0 Å². The summed E-state index contributed by atoms with van der Waals surface area (Å²) >= 11 is 0. The molecule has 2 fully saturated rings. The zero-order valence-electron chi connectivity index (χ0n) is 18.9.